The van der Waals surface area contributed by atoms with Crippen LogP contribution in [0.15, 0.2) is 34.7 Å². The second-order valence-corrected chi connectivity index (χ2v) is 9.14. The summed E-state index contributed by atoms with van der Waals surface area (Å²) < 4.78 is 35.2. The monoisotopic (exact) mass is 439 g/mol. The molecule has 1 aromatic heterocycles. The van der Waals surface area contributed by atoms with Gasteiger partial charge in [0.25, 0.3) is 5.91 Å². The van der Waals surface area contributed by atoms with E-state index in [2.05, 4.69) is 10.2 Å². The van der Waals surface area contributed by atoms with Crippen molar-refractivity contribution in [2.24, 2.45) is 5.92 Å². The summed E-state index contributed by atoms with van der Waals surface area (Å²) in [6.07, 6.45) is 1.80. The number of aryl methyl sites for hydroxylation is 1. The van der Waals surface area contributed by atoms with Crippen LogP contribution in [0.2, 0.25) is 0 Å². The minimum Gasteiger partial charge on any atom is -0.421 e. The van der Waals surface area contributed by atoms with Crippen molar-refractivity contribution in [3.63, 3.8) is 0 Å². The van der Waals surface area contributed by atoms with Crippen LogP contribution in [0, 0.1) is 24.5 Å². The first kappa shape index (κ1) is 20.8. The van der Waals surface area contributed by atoms with Gasteiger partial charge in [0, 0.05) is 29.7 Å². The number of nitrogens with zero attached hydrogens (tertiary/aromatic N) is 3. The van der Waals surface area contributed by atoms with Gasteiger partial charge in [-0.25, -0.2) is 8.78 Å². The lowest BCUT2D eigenvalue weighted by Gasteiger charge is -2.37. The maximum Gasteiger partial charge on any atom is 0.255 e. The fourth-order valence-corrected chi connectivity index (χ4v) is 4.76. The number of carbonyl (C=O) groups is 1. The molecular weight excluding hydrogens is 416 g/mol. The molecule has 1 aliphatic carbocycles. The molecule has 1 fully saturated rings. The Kier molecular flexibility index (Phi) is 4.67. The van der Waals surface area contributed by atoms with E-state index in [1.54, 1.807) is 45.0 Å². The summed E-state index contributed by atoms with van der Waals surface area (Å²) in [5, 5.41) is 18.5. The van der Waals surface area contributed by atoms with Gasteiger partial charge in [-0.05, 0) is 50.3 Å². The van der Waals surface area contributed by atoms with Crippen LogP contribution in [0.5, 0.6) is 0 Å². The predicted octanol–water partition coefficient (Wildman–Crippen LogP) is 4.50. The van der Waals surface area contributed by atoms with Crippen molar-refractivity contribution in [1.29, 1.82) is 0 Å². The van der Waals surface area contributed by atoms with Gasteiger partial charge in [0.15, 0.2) is 0 Å². The normalized spacial score (nSPS) is 17.1. The molecule has 1 saturated carbocycles. The van der Waals surface area contributed by atoms with Gasteiger partial charge < -0.3 is 14.4 Å². The highest BCUT2D eigenvalue weighted by Gasteiger charge is 2.49. The van der Waals surface area contributed by atoms with Crippen molar-refractivity contribution in [2.75, 3.05) is 0 Å². The molecule has 1 N–H and O–H groups in total. The Bertz CT molecular complexity index is 1210. The summed E-state index contributed by atoms with van der Waals surface area (Å²) in [7, 11) is 0. The Morgan fingerprint density at radius 3 is 2.31 bits per heavy atom. The maximum absolute atomic E-state index is 15.0. The molecule has 0 unspecified atom stereocenters. The molecular formula is C24H23F2N3O3. The third-order valence-corrected chi connectivity index (χ3v) is 6.21. The number of benzene rings is 2. The van der Waals surface area contributed by atoms with E-state index >= 15 is 4.39 Å². The third kappa shape index (κ3) is 3.39. The van der Waals surface area contributed by atoms with Gasteiger partial charge in [-0.1, -0.05) is 12.1 Å². The van der Waals surface area contributed by atoms with Crippen molar-refractivity contribution in [3.05, 3.63) is 59.0 Å². The minimum atomic E-state index is -1.15. The zero-order chi connectivity index (χ0) is 22.8. The summed E-state index contributed by atoms with van der Waals surface area (Å²) in [6, 6.07) is 7.06. The first-order valence-corrected chi connectivity index (χ1v) is 10.6. The molecule has 2 aliphatic rings. The summed E-state index contributed by atoms with van der Waals surface area (Å²) in [5.74, 6) is -1.09. The number of aliphatic hydroxyl groups is 1. The highest BCUT2D eigenvalue weighted by atomic mass is 19.1. The molecule has 2 heterocycles. The average molecular weight is 439 g/mol. The molecule has 8 heteroatoms. The molecule has 32 heavy (non-hydrogen) atoms. The fraction of sp³-hybridized carbons (Fsp3) is 0.375. The number of amides is 1. The lowest BCUT2D eigenvalue weighted by atomic mass is 9.92. The van der Waals surface area contributed by atoms with E-state index in [9.17, 15) is 14.3 Å². The van der Waals surface area contributed by atoms with E-state index in [4.69, 9.17) is 4.42 Å². The predicted molar refractivity (Wildman–Crippen MR) is 113 cm³/mol. The van der Waals surface area contributed by atoms with Crippen LogP contribution in [0.25, 0.3) is 22.6 Å². The van der Waals surface area contributed by atoms with Gasteiger partial charge >= 0.3 is 0 Å². The van der Waals surface area contributed by atoms with Gasteiger partial charge in [0.2, 0.25) is 11.8 Å². The number of fused-ring (bicyclic) bond motifs is 1. The van der Waals surface area contributed by atoms with E-state index in [1.807, 2.05) is 0 Å². The van der Waals surface area contributed by atoms with E-state index in [1.165, 1.54) is 4.90 Å². The molecule has 0 saturated heterocycles. The lowest BCUT2D eigenvalue weighted by Crippen LogP contribution is -2.51. The maximum atomic E-state index is 15.0. The molecule has 0 radical (unpaired) electrons. The van der Waals surface area contributed by atoms with E-state index in [0.29, 0.717) is 22.9 Å². The number of hydrogen-bond acceptors (Lipinski definition) is 5. The molecule has 1 amide bonds. The Labute approximate surface area is 183 Å². The molecule has 5 rings (SSSR count). The Morgan fingerprint density at radius 2 is 1.75 bits per heavy atom. The van der Waals surface area contributed by atoms with Crippen molar-refractivity contribution < 1.29 is 23.1 Å². The largest absolute Gasteiger partial charge is 0.421 e. The fourth-order valence-electron chi connectivity index (χ4n) is 4.76. The van der Waals surface area contributed by atoms with Crippen molar-refractivity contribution in [2.45, 2.75) is 51.8 Å². The smallest absolute Gasteiger partial charge is 0.255 e. The summed E-state index contributed by atoms with van der Waals surface area (Å²) in [5.41, 5.74) is 0.194. The van der Waals surface area contributed by atoms with Gasteiger partial charge in [-0.3, -0.25) is 4.79 Å². The average Bonchev–Trinajstić information content (AvgIpc) is 3.36. The number of carbonyl (C=O) groups excluding carboxylic acids is 1. The molecule has 2 aromatic carbocycles. The number of aromatic nitrogens is 2. The van der Waals surface area contributed by atoms with E-state index < -0.39 is 29.2 Å². The van der Waals surface area contributed by atoms with Gasteiger partial charge in [-0.2, -0.15) is 0 Å². The highest BCUT2D eigenvalue weighted by Crippen LogP contribution is 2.45. The van der Waals surface area contributed by atoms with Crippen molar-refractivity contribution in [1.82, 2.24) is 15.1 Å². The van der Waals surface area contributed by atoms with Crippen LogP contribution in [0.1, 0.15) is 48.5 Å². The topological polar surface area (TPSA) is 79.5 Å². The minimum absolute atomic E-state index is 0.0117. The van der Waals surface area contributed by atoms with E-state index in [0.717, 1.165) is 18.9 Å². The van der Waals surface area contributed by atoms with Gasteiger partial charge in [0.05, 0.1) is 23.8 Å². The molecule has 1 atom stereocenters. The zero-order valence-electron chi connectivity index (χ0n) is 18.0. The van der Waals surface area contributed by atoms with Crippen LogP contribution in [-0.2, 0) is 6.54 Å². The number of rotatable bonds is 5. The lowest BCUT2D eigenvalue weighted by molar-refractivity contribution is -0.0225. The zero-order valence-corrected chi connectivity index (χ0v) is 18.0. The second kappa shape index (κ2) is 7.20. The SMILES string of the molecule is Cc1nnc(-c2ccc(-c3c(F)cc(F)c4c3C(=O)N([C@H](C3CC3)C(C)(C)O)C4)cc2)o1. The second-order valence-electron chi connectivity index (χ2n) is 9.14. The molecule has 3 aromatic rings. The number of hydrogen-bond donors (Lipinski definition) is 1. The third-order valence-electron chi connectivity index (χ3n) is 6.21. The van der Waals surface area contributed by atoms with Crippen LogP contribution in [0.3, 0.4) is 0 Å². The summed E-state index contributed by atoms with van der Waals surface area (Å²) >= 11 is 0. The van der Waals surface area contributed by atoms with Crippen LogP contribution < -0.4 is 0 Å². The molecule has 0 spiro atoms. The summed E-state index contributed by atoms with van der Waals surface area (Å²) in [6.45, 7) is 5.00. The molecule has 0 bridgehead atoms. The molecule has 166 valence electrons. The molecule has 6 nitrogen and oxygen atoms in total. The first-order valence-electron chi connectivity index (χ1n) is 10.6. The Morgan fingerprint density at radius 1 is 1.09 bits per heavy atom. The van der Waals surface area contributed by atoms with Crippen LogP contribution in [0.4, 0.5) is 8.78 Å². The Balaban J connectivity index is 1.57. The van der Waals surface area contributed by atoms with Gasteiger partial charge in [0.1, 0.15) is 11.6 Å². The number of halogens is 2. The van der Waals surface area contributed by atoms with Gasteiger partial charge in [-0.15, -0.1) is 10.2 Å². The standard InChI is InChI=1S/C24H23F2N3O3/c1-12-27-28-22(32-12)15-8-4-13(5-9-15)19-18(26)10-17(25)16-11-29(23(30)20(16)19)21(14-6-7-14)24(2,3)31/h4-5,8-10,14,21,31H,6-7,11H2,1-3H3/t21-/m1/s1. The quantitative estimate of drug-likeness (QED) is 0.634. The summed E-state index contributed by atoms with van der Waals surface area (Å²) in [4.78, 5) is 15.0. The Hall–Kier alpha value is -3.13. The van der Waals surface area contributed by atoms with Crippen LogP contribution in [-0.4, -0.2) is 37.8 Å². The molecule has 1 aliphatic heterocycles. The van der Waals surface area contributed by atoms with E-state index in [-0.39, 0.29) is 29.2 Å². The highest BCUT2D eigenvalue weighted by molar-refractivity contribution is 6.05. The van der Waals surface area contributed by atoms with Crippen molar-refractivity contribution in [3.8, 4) is 22.6 Å². The first-order chi connectivity index (χ1) is 15.1. The van der Waals surface area contributed by atoms with Crippen molar-refractivity contribution >= 4 is 5.91 Å². The van der Waals surface area contributed by atoms with Crippen LogP contribution >= 0.6 is 0 Å².